The number of nitrogens with zero attached hydrogens (tertiary/aromatic N) is 1. The van der Waals surface area contributed by atoms with Crippen molar-refractivity contribution in [3.8, 4) is 6.07 Å². The molecule has 2 heteroatoms. The molecule has 0 aliphatic heterocycles. The van der Waals surface area contributed by atoms with Crippen LogP contribution in [0.15, 0.2) is 18.2 Å². The highest BCUT2D eigenvalue weighted by Crippen LogP contribution is 2.33. The first-order valence-corrected chi connectivity index (χ1v) is 6.38. The maximum absolute atomic E-state index is 8.83. The van der Waals surface area contributed by atoms with E-state index in [1.54, 1.807) is 0 Å². The number of hydrogen-bond acceptors (Lipinski definition) is 1. The Morgan fingerprint density at radius 2 is 1.81 bits per heavy atom. The zero-order valence-electron chi connectivity index (χ0n) is 9.38. The van der Waals surface area contributed by atoms with Crippen molar-refractivity contribution in [1.82, 2.24) is 0 Å². The van der Waals surface area contributed by atoms with E-state index in [1.165, 1.54) is 44.1 Å². The zero-order chi connectivity index (χ0) is 11.4. The molecule has 0 amide bonds. The lowest BCUT2D eigenvalue weighted by atomic mass is 9.91. The molecule has 84 valence electrons. The van der Waals surface area contributed by atoms with E-state index >= 15 is 0 Å². The van der Waals surface area contributed by atoms with Crippen molar-refractivity contribution in [3.05, 3.63) is 34.3 Å². The van der Waals surface area contributed by atoms with E-state index in [4.69, 9.17) is 16.9 Å². The van der Waals surface area contributed by atoms with Gasteiger partial charge in [-0.25, -0.2) is 0 Å². The van der Waals surface area contributed by atoms with Gasteiger partial charge in [0.25, 0.3) is 0 Å². The van der Waals surface area contributed by atoms with Crippen molar-refractivity contribution >= 4 is 11.6 Å². The molecule has 1 aromatic rings. The van der Waals surface area contributed by atoms with Gasteiger partial charge in [0.2, 0.25) is 0 Å². The minimum Gasteiger partial charge on any atom is -0.192 e. The predicted molar refractivity (Wildman–Crippen MR) is 66.6 cm³/mol. The summed E-state index contributed by atoms with van der Waals surface area (Å²) < 4.78 is 0. The third-order valence-electron chi connectivity index (χ3n) is 3.44. The van der Waals surface area contributed by atoms with E-state index in [0.29, 0.717) is 16.5 Å². The SMILES string of the molecule is N#Cc1ccc(C2CCCCCC2)cc1Cl. The average Bonchev–Trinajstić information content (AvgIpc) is 2.57. The van der Waals surface area contributed by atoms with E-state index in [2.05, 4.69) is 12.1 Å². The highest BCUT2D eigenvalue weighted by molar-refractivity contribution is 6.31. The average molecular weight is 234 g/mol. The second kappa shape index (κ2) is 5.37. The first kappa shape index (κ1) is 11.5. The highest BCUT2D eigenvalue weighted by Gasteiger charge is 2.15. The standard InChI is InChI=1S/C14H16ClN/c15-14-9-12(7-8-13(14)10-16)11-5-3-1-2-4-6-11/h7-9,11H,1-6H2. The van der Waals surface area contributed by atoms with Gasteiger partial charge < -0.3 is 0 Å². The van der Waals surface area contributed by atoms with Gasteiger partial charge in [-0.15, -0.1) is 0 Å². The van der Waals surface area contributed by atoms with Crippen LogP contribution in [0.3, 0.4) is 0 Å². The summed E-state index contributed by atoms with van der Waals surface area (Å²) in [7, 11) is 0. The predicted octanol–water partition coefficient (Wildman–Crippen LogP) is 4.65. The molecule has 16 heavy (non-hydrogen) atoms. The summed E-state index contributed by atoms with van der Waals surface area (Å²) in [5, 5.41) is 9.43. The van der Waals surface area contributed by atoms with Crippen LogP contribution < -0.4 is 0 Å². The van der Waals surface area contributed by atoms with Crippen LogP contribution in [0, 0.1) is 11.3 Å². The monoisotopic (exact) mass is 233 g/mol. The molecular weight excluding hydrogens is 218 g/mol. The molecule has 1 aliphatic rings. The Kier molecular flexibility index (Phi) is 3.85. The summed E-state index contributed by atoms with van der Waals surface area (Å²) in [6, 6.07) is 8.01. The Balaban J connectivity index is 2.20. The Labute approximate surface area is 102 Å². The molecule has 0 atom stereocenters. The van der Waals surface area contributed by atoms with Crippen LogP contribution in [0.5, 0.6) is 0 Å². The maximum Gasteiger partial charge on any atom is 0.101 e. The number of nitriles is 1. The van der Waals surface area contributed by atoms with Gasteiger partial charge in [-0.1, -0.05) is 43.4 Å². The van der Waals surface area contributed by atoms with E-state index < -0.39 is 0 Å². The molecule has 0 aromatic heterocycles. The van der Waals surface area contributed by atoms with Crippen molar-refractivity contribution in [2.75, 3.05) is 0 Å². The van der Waals surface area contributed by atoms with Crippen LogP contribution in [-0.4, -0.2) is 0 Å². The van der Waals surface area contributed by atoms with E-state index in [1.807, 2.05) is 12.1 Å². The first-order chi connectivity index (χ1) is 7.81. The lowest BCUT2D eigenvalue weighted by Gasteiger charge is -2.14. The van der Waals surface area contributed by atoms with Gasteiger partial charge in [0.1, 0.15) is 6.07 Å². The van der Waals surface area contributed by atoms with Gasteiger partial charge in [0.05, 0.1) is 10.6 Å². The number of benzene rings is 1. The molecule has 1 nitrogen and oxygen atoms in total. The Bertz CT molecular complexity index is 398. The summed E-state index contributed by atoms with van der Waals surface area (Å²) in [5.41, 5.74) is 1.89. The van der Waals surface area contributed by atoms with E-state index in [9.17, 15) is 0 Å². The molecular formula is C14H16ClN. The van der Waals surface area contributed by atoms with Crippen molar-refractivity contribution in [3.63, 3.8) is 0 Å². The largest absolute Gasteiger partial charge is 0.192 e. The fraction of sp³-hybridized carbons (Fsp3) is 0.500. The topological polar surface area (TPSA) is 23.8 Å². The van der Waals surface area contributed by atoms with Crippen LogP contribution >= 0.6 is 11.6 Å². The summed E-state index contributed by atoms with van der Waals surface area (Å²) in [4.78, 5) is 0. The van der Waals surface area contributed by atoms with Gasteiger partial charge >= 0.3 is 0 Å². The molecule has 1 aromatic carbocycles. The molecule has 1 aliphatic carbocycles. The number of halogens is 1. The minimum absolute atomic E-state index is 0.582. The summed E-state index contributed by atoms with van der Waals surface area (Å²) in [5.74, 6) is 0.646. The molecule has 2 rings (SSSR count). The van der Waals surface area contributed by atoms with Crippen molar-refractivity contribution in [2.24, 2.45) is 0 Å². The van der Waals surface area contributed by atoms with Crippen LogP contribution in [0.25, 0.3) is 0 Å². The molecule has 0 radical (unpaired) electrons. The van der Waals surface area contributed by atoms with Gasteiger partial charge in [-0.3, -0.25) is 0 Å². The molecule has 0 N–H and O–H groups in total. The quantitative estimate of drug-likeness (QED) is 0.648. The van der Waals surface area contributed by atoms with E-state index in [0.717, 1.165) is 0 Å². The molecule has 1 saturated carbocycles. The molecule has 0 bridgehead atoms. The van der Waals surface area contributed by atoms with Crippen molar-refractivity contribution < 1.29 is 0 Å². The fourth-order valence-electron chi connectivity index (χ4n) is 2.49. The van der Waals surface area contributed by atoms with Gasteiger partial charge in [0, 0.05) is 0 Å². The first-order valence-electron chi connectivity index (χ1n) is 6.01. The molecule has 1 fully saturated rings. The third kappa shape index (κ3) is 2.57. The fourth-order valence-corrected chi connectivity index (χ4v) is 2.72. The normalized spacial score (nSPS) is 17.8. The number of hydrogen-bond donors (Lipinski definition) is 0. The highest BCUT2D eigenvalue weighted by atomic mass is 35.5. The Morgan fingerprint density at radius 1 is 1.12 bits per heavy atom. The Morgan fingerprint density at radius 3 is 2.38 bits per heavy atom. The molecule has 0 unspecified atom stereocenters. The van der Waals surface area contributed by atoms with Crippen LogP contribution in [0.4, 0.5) is 0 Å². The van der Waals surface area contributed by atoms with Gasteiger partial charge in [-0.2, -0.15) is 5.26 Å². The summed E-state index contributed by atoms with van der Waals surface area (Å²) >= 11 is 6.07. The summed E-state index contributed by atoms with van der Waals surface area (Å²) in [6.45, 7) is 0. The lowest BCUT2D eigenvalue weighted by Crippen LogP contribution is -1.97. The van der Waals surface area contributed by atoms with Gasteiger partial charge in [0.15, 0.2) is 0 Å². The minimum atomic E-state index is 0.582. The van der Waals surface area contributed by atoms with E-state index in [-0.39, 0.29) is 0 Å². The van der Waals surface area contributed by atoms with Crippen LogP contribution in [0.1, 0.15) is 55.6 Å². The zero-order valence-corrected chi connectivity index (χ0v) is 10.1. The number of rotatable bonds is 1. The Hall–Kier alpha value is -1.00. The second-order valence-corrected chi connectivity index (χ2v) is 4.95. The summed E-state index contributed by atoms with van der Waals surface area (Å²) in [6.07, 6.45) is 7.90. The van der Waals surface area contributed by atoms with Crippen molar-refractivity contribution in [2.45, 2.75) is 44.4 Å². The molecule has 0 saturated heterocycles. The maximum atomic E-state index is 8.83. The lowest BCUT2D eigenvalue weighted by molar-refractivity contribution is 0.592. The molecule has 0 heterocycles. The second-order valence-electron chi connectivity index (χ2n) is 4.54. The van der Waals surface area contributed by atoms with Gasteiger partial charge in [-0.05, 0) is 36.5 Å². The third-order valence-corrected chi connectivity index (χ3v) is 3.75. The van der Waals surface area contributed by atoms with Crippen LogP contribution in [-0.2, 0) is 0 Å². The van der Waals surface area contributed by atoms with Crippen LogP contribution in [0.2, 0.25) is 5.02 Å². The van der Waals surface area contributed by atoms with Crippen molar-refractivity contribution in [1.29, 1.82) is 5.26 Å². The molecule has 0 spiro atoms. The smallest absolute Gasteiger partial charge is 0.101 e.